The first-order chi connectivity index (χ1) is 7.72. The van der Waals surface area contributed by atoms with E-state index in [0.29, 0.717) is 11.8 Å². The van der Waals surface area contributed by atoms with Crippen LogP contribution in [-0.2, 0) is 5.88 Å². The van der Waals surface area contributed by atoms with Gasteiger partial charge in [0.05, 0.1) is 17.0 Å². The molecule has 0 spiro atoms. The zero-order valence-corrected chi connectivity index (χ0v) is 12.1. The van der Waals surface area contributed by atoms with Gasteiger partial charge in [0.2, 0.25) is 0 Å². The van der Waals surface area contributed by atoms with Gasteiger partial charge in [0.1, 0.15) is 5.75 Å². The summed E-state index contributed by atoms with van der Waals surface area (Å²) in [5, 5.41) is 0. The Morgan fingerprint density at radius 1 is 1.31 bits per heavy atom. The van der Waals surface area contributed by atoms with Crippen LogP contribution in [0.4, 0.5) is 0 Å². The first-order valence-corrected chi connectivity index (χ1v) is 7.01. The molecule has 0 aliphatic heterocycles. The number of hydrogen-bond acceptors (Lipinski definition) is 1. The van der Waals surface area contributed by atoms with Gasteiger partial charge in [-0.3, -0.25) is 0 Å². The summed E-state index contributed by atoms with van der Waals surface area (Å²) in [6.45, 7) is 5.15. The SMILES string of the molecule is CCC(CC)COc1c(Br)cccc1CCl. The summed E-state index contributed by atoms with van der Waals surface area (Å²) in [4.78, 5) is 0. The Hall–Kier alpha value is -0.210. The average molecular weight is 306 g/mol. The Kier molecular flexibility index (Phi) is 6.22. The maximum Gasteiger partial charge on any atom is 0.137 e. The number of rotatable bonds is 6. The lowest BCUT2D eigenvalue weighted by Crippen LogP contribution is -2.11. The Morgan fingerprint density at radius 2 is 2.00 bits per heavy atom. The summed E-state index contributed by atoms with van der Waals surface area (Å²) < 4.78 is 6.85. The van der Waals surface area contributed by atoms with Crippen molar-refractivity contribution in [2.24, 2.45) is 5.92 Å². The Morgan fingerprint density at radius 3 is 2.56 bits per heavy atom. The van der Waals surface area contributed by atoms with Crippen LogP contribution < -0.4 is 4.74 Å². The first-order valence-electron chi connectivity index (χ1n) is 5.69. The number of ether oxygens (including phenoxy) is 1. The molecule has 0 unspecified atom stereocenters. The van der Waals surface area contributed by atoms with Gasteiger partial charge >= 0.3 is 0 Å². The summed E-state index contributed by atoms with van der Waals surface area (Å²) in [5.41, 5.74) is 1.04. The number of para-hydroxylation sites is 1. The smallest absolute Gasteiger partial charge is 0.137 e. The standard InChI is InChI=1S/C13H18BrClO/c1-3-10(4-2)9-16-13-11(8-15)6-5-7-12(13)14/h5-7,10H,3-4,8-9H2,1-2H3. The highest BCUT2D eigenvalue weighted by Crippen LogP contribution is 2.30. The second-order valence-corrected chi connectivity index (χ2v) is 4.98. The van der Waals surface area contributed by atoms with E-state index in [1.807, 2.05) is 18.2 Å². The van der Waals surface area contributed by atoms with Gasteiger partial charge in [-0.15, -0.1) is 11.6 Å². The summed E-state index contributed by atoms with van der Waals surface area (Å²) >= 11 is 9.38. The molecule has 1 aromatic carbocycles. The van der Waals surface area contributed by atoms with Crippen LogP contribution in [0.25, 0.3) is 0 Å². The highest BCUT2D eigenvalue weighted by Gasteiger charge is 2.10. The fourth-order valence-electron chi connectivity index (χ4n) is 1.55. The molecule has 0 saturated carbocycles. The molecule has 1 nitrogen and oxygen atoms in total. The normalized spacial score (nSPS) is 10.8. The molecular formula is C13H18BrClO. The quantitative estimate of drug-likeness (QED) is 0.672. The lowest BCUT2D eigenvalue weighted by atomic mass is 10.1. The predicted octanol–water partition coefficient (Wildman–Crippen LogP) is 5.00. The largest absolute Gasteiger partial charge is 0.492 e. The highest BCUT2D eigenvalue weighted by atomic mass is 79.9. The second kappa shape index (κ2) is 7.18. The van der Waals surface area contributed by atoms with Crippen molar-refractivity contribution in [3.05, 3.63) is 28.2 Å². The summed E-state index contributed by atoms with van der Waals surface area (Å²) in [6.07, 6.45) is 2.30. The molecule has 0 atom stereocenters. The van der Waals surface area contributed by atoms with Gasteiger partial charge in [-0.25, -0.2) is 0 Å². The molecule has 0 fully saturated rings. The average Bonchev–Trinajstić information content (AvgIpc) is 2.31. The van der Waals surface area contributed by atoms with Crippen molar-refractivity contribution in [1.82, 2.24) is 0 Å². The van der Waals surface area contributed by atoms with Crippen LogP contribution in [0.5, 0.6) is 5.75 Å². The van der Waals surface area contributed by atoms with Gasteiger partial charge in [-0.1, -0.05) is 38.8 Å². The molecule has 0 amide bonds. The van der Waals surface area contributed by atoms with Crippen LogP contribution in [0.1, 0.15) is 32.3 Å². The molecule has 0 N–H and O–H groups in total. The van der Waals surface area contributed by atoms with Gasteiger partial charge < -0.3 is 4.74 Å². The molecule has 0 aliphatic rings. The Bertz CT molecular complexity index is 324. The molecule has 1 aromatic rings. The van der Waals surface area contributed by atoms with Crippen LogP contribution in [0.2, 0.25) is 0 Å². The fourth-order valence-corrected chi connectivity index (χ4v) is 2.28. The topological polar surface area (TPSA) is 9.23 Å². The summed E-state index contributed by atoms with van der Waals surface area (Å²) in [6, 6.07) is 5.96. The van der Waals surface area contributed by atoms with Crippen LogP contribution in [-0.4, -0.2) is 6.61 Å². The van der Waals surface area contributed by atoms with E-state index in [1.54, 1.807) is 0 Å². The molecule has 3 heteroatoms. The third kappa shape index (κ3) is 3.67. The van der Waals surface area contributed by atoms with Crippen molar-refractivity contribution in [2.75, 3.05) is 6.61 Å². The molecule has 0 bridgehead atoms. The highest BCUT2D eigenvalue weighted by molar-refractivity contribution is 9.10. The number of halogens is 2. The van der Waals surface area contributed by atoms with Crippen molar-refractivity contribution < 1.29 is 4.74 Å². The molecule has 90 valence electrons. The van der Waals surface area contributed by atoms with E-state index in [0.717, 1.165) is 35.2 Å². The molecule has 0 heterocycles. The number of alkyl halides is 1. The van der Waals surface area contributed by atoms with Gasteiger partial charge in [0.15, 0.2) is 0 Å². The van der Waals surface area contributed by atoms with Gasteiger partial charge in [0.25, 0.3) is 0 Å². The van der Waals surface area contributed by atoms with Crippen molar-refractivity contribution in [1.29, 1.82) is 0 Å². The van der Waals surface area contributed by atoms with Crippen LogP contribution in [0.15, 0.2) is 22.7 Å². The molecule has 1 rings (SSSR count). The summed E-state index contributed by atoms with van der Waals surface area (Å²) in [7, 11) is 0. The van der Waals surface area contributed by atoms with E-state index in [-0.39, 0.29) is 0 Å². The first kappa shape index (κ1) is 13.9. The third-order valence-electron chi connectivity index (χ3n) is 2.81. The van der Waals surface area contributed by atoms with E-state index >= 15 is 0 Å². The van der Waals surface area contributed by atoms with Crippen LogP contribution >= 0.6 is 27.5 Å². The van der Waals surface area contributed by atoms with Crippen LogP contribution in [0.3, 0.4) is 0 Å². The lowest BCUT2D eigenvalue weighted by molar-refractivity contribution is 0.238. The van der Waals surface area contributed by atoms with Crippen molar-refractivity contribution in [2.45, 2.75) is 32.6 Å². The van der Waals surface area contributed by atoms with E-state index < -0.39 is 0 Å². The lowest BCUT2D eigenvalue weighted by Gasteiger charge is -2.16. The van der Waals surface area contributed by atoms with Gasteiger partial charge in [0, 0.05) is 5.56 Å². The van der Waals surface area contributed by atoms with E-state index in [4.69, 9.17) is 16.3 Å². The third-order valence-corrected chi connectivity index (χ3v) is 3.72. The van der Waals surface area contributed by atoms with Gasteiger partial charge in [-0.2, -0.15) is 0 Å². The van der Waals surface area contributed by atoms with E-state index in [1.165, 1.54) is 0 Å². The Labute approximate surface area is 111 Å². The molecule has 16 heavy (non-hydrogen) atoms. The fraction of sp³-hybridized carbons (Fsp3) is 0.538. The minimum absolute atomic E-state index is 0.484. The summed E-state index contributed by atoms with van der Waals surface area (Å²) in [5.74, 6) is 2.00. The molecule has 0 aliphatic carbocycles. The van der Waals surface area contributed by atoms with Crippen molar-refractivity contribution in [3.8, 4) is 5.75 Å². The van der Waals surface area contributed by atoms with Crippen LogP contribution in [0, 0.1) is 5.92 Å². The monoisotopic (exact) mass is 304 g/mol. The zero-order valence-electron chi connectivity index (χ0n) is 9.80. The van der Waals surface area contributed by atoms with Crippen molar-refractivity contribution >= 4 is 27.5 Å². The van der Waals surface area contributed by atoms with E-state index in [9.17, 15) is 0 Å². The molecule has 0 saturated heterocycles. The Balaban J connectivity index is 2.72. The molecular weight excluding hydrogens is 287 g/mol. The van der Waals surface area contributed by atoms with Crippen molar-refractivity contribution in [3.63, 3.8) is 0 Å². The number of benzene rings is 1. The maximum absolute atomic E-state index is 5.89. The molecule has 0 radical (unpaired) electrons. The minimum Gasteiger partial charge on any atom is -0.492 e. The second-order valence-electron chi connectivity index (χ2n) is 3.86. The van der Waals surface area contributed by atoms with E-state index in [2.05, 4.69) is 29.8 Å². The predicted molar refractivity (Wildman–Crippen MR) is 73.3 cm³/mol. The minimum atomic E-state index is 0.484. The molecule has 0 aromatic heterocycles. The number of hydrogen-bond donors (Lipinski definition) is 0. The maximum atomic E-state index is 5.89. The zero-order chi connectivity index (χ0) is 12.0. The van der Waals surface area contributed by atoms with Gasteiger partial charge in [-0.05, 0) is 27.9 Å².